The van der Waals surface area contributed by atoms with Crippen LogP contribution in [0.15, 0.2) is 4.99 Å². The van der Waals surface area contributed by atoms with Gasteiger partial charge >= 0.3 is 0 Å². The number of hydrogen-bond acceptors (Lipinski definition) is 3. The lowest BCUT2D eigenvalue weighted by molar-refractivity contribution is -0.127. The van der Waals surface area contributed by atoms with Crippen LogP contribution in [-0.4, -0.2) is 42.8 Å². The lowest BCUT2D eigenvalue weighted by Gasteiger charge is -2.17. The number of amides is 1. The Hall–Kier alpha value is -1.06. The van der Waals surface area contributed by atoms with Crippen molar-refractivity contribution in [2.24, 2.45) is 4.99 Å². The average molecular weight is 195 g/mol. The van der Waals surface area contributed by atoms with Crippen LogP contribution >= 0.6 is 0 Å². The zero-order valence-corrected chi connectivity index (χ0v) is 8.62. The van der Waals surface area contributed by atoms with Gasteiger partial charge in [0, 0.05) is 26.6 Å². The fourth-order valence-electron chi connectivity index (χ4n) is 1.97. The van der Waals surface area contributed by atoms with Crippen molar-refractivity contribution in [1.82, 2.24) is 10.2 Å². The molecule has 0 saturated carbocycles. The Morgan fingerprint density at radius 3 is 2.93 bits per heavy atom. The highest BCUT2D eigenvalue weighted by Crippen LogP contribution is 2.11. The highest BCUT2D eigenvalue weighted by atomic mass is 16.2. The number of carbonyl (C=O) groups excluding carboxylic acids is 1. The molecule has 0 bridgehead atoms. The number of likely N-dealkylation sites (tertiary alicyclic amines) is 1. The van der Waals surface area contributed by atoms with Crippen LogP contribution in [0.1, 0.15) is 25.7 Å². The first-order chi connectivity index (χ1) is 6.77. The molecule has 2 heterocycles. The summed E-state index contributed by atoms with van der Waals surface area (Å²) >= 11 is 0. The molecular formula is C10H17N3O. The first kappa shape index (κ1) is 9.49. The Morgan fingerprint density at radius 1 is 1.50 bits per heavy atom. The molecule has 78 valence electrons. The van der Waals surface area contributed by atoms with Crippen LogP contribution in [0.4, 0.5) is 0 Å². The molecule has 2 rings (SSSR count). The maximum atomic E-state index is 11.6. The van der Waals surface area contributed by atoms with E-state index in [1.165, 1.54) is 12.8 Å². The summed E-state index contributed by atoms with van der Waals surface area (Å²) < 4.78 is 0. The van der Waals surface area contributed by atoms with Gasteiger partial charge in [-0.25, -0.2) is 0 Å². The SMILES string of the molecule is CN1CCC(NC2=NCCCC2)C1=O. The second-order valence-electron chi connectivity index (χ2n) is 4.03. The minimum atomic E-state index is -0.0168. The first-order valence-corrected chi connectivity index (χ1v) is 5.32. The summed E-state index contributed by atoms with van der Waals surface area (Å²) in [4.78, 5) is 17.8. The van der Waals surface area contributed by atoms with E-state index in [4.69, 9.17) is 0 Å². The van der Waals surface area contributed by atoms with Gasteiger partial charge in [-0.05, 0) is 19.3 Å². The molecule has 1 amide bonds. The molecule has 0 aromatic carbocycles. The van der Waals surface area contributed by atoms with E-state index in [0.717, 1.165) is 31.8 Å². The number of amidine groups is 1. The Labute approximate surface area is 84.4 Å². The zero-order valence-electron chi connectivity index (χ0n) is 8.62. The number of nitrogens with zero attached hydrogens (tertiary/aromatic N) is 2. The lowest BCUT2D eigenvalue weighted by Crippen LogP contribution is -2.41. The summed E-state index contributed by atoms with van der Waals surface area (Å²) in [5.74, 6) is 1.24. The van der Waals surface area contributed by atoms with Crippen molar-refractivity contribution in [1.29, 1.82) is 0 Å². The van der Waals surface area contributed by atoms with Gasteiger partial charge in [0.25, 0.3) is 0 Å². The van der Waals surface area contributed by atoms with Gasteiger partial charge in [-0.3, -0.25) is 9.79 Å². The second kappa shape index (κ2) is 3.98. The molecule has 1 unspecified atom stereocenters. The minimum Gasteiger partial charge on any atom is -0.362 e. The zero-order chi connectivity index (χ0) is 9.97. The number of nitrogens with one attached hydrogen (secondary N) is 1. The van der Waals surface area contributed by atoms with E-state index < -0.39 is 0 Å². The number of hydrogen-bond donors (Lipinski definition) is 1. The van der Waals surface area contributed by atoms with E-state index in [1.807, 2.05) is 7.05 Å². The minimum absolute atomic E-state index is 0.0168. The van der Waals surface area contributed by atoms with Crippen LogP contribution in [0.25, 0.3) is 0 Å². The molecule has 2 aliphatic rings. The Bertz CT molecular complexity index is 262. The molecule has 0 aromatic rings. The number of likely N-dealkylation sites (N-methyl/N-ethyl adjacent to an activating group) is 1. The smallest absolute Gasteiger partial charge is 0.244 e. The summed E-state index contributed by atoms with van der Waals surface area (Å²) in [5.41, 5.74) is 0. The van der Waals surface area contributed by atoms with Crippen LogP contribution in [0, 0.1) is 0 Å². The molecule has 0 aliphatic carbocycles. The molecule has 0 spiro atoms. The van der Waals surface area contributed by atoms with Crippen LogP contribution in [0.2, 0.25) is 0 Å². The van der Waals surface area contributed by atoms with E-state index in [9.17, 15) is 4.79 Å². The summed E-state index contributed by atoms with van der Waals surface area (Å²) in [6.07, 6.45) is 4.30. The van der Waals surface area contributed by atoms with Crippen LogP contribution in [0.5, 0.6) is 0 Å². The van der Waals surface area contributed by atoms with Crippen LogP contribution < -0.4 is 5.32 Å². The molecule has 2 aliphatic heterocycles. The van der Waals surface area contributed by atoms with Crippen LogP contribution in [-0.2, 0) is 4.79 Å². The van der Waals surface area contributed by atoms with Gasteiger partial charge in [0.15, 0.2) is 0 Å². The van der Waals surface area contributed by atoms with Gasteiger partial charge < -0.3 is 10.2 Å². The highest BCUT2D eigenvalue weighted by molar-refractivity contribution is 5.91. The molecular weight excluding hydrogens is 178 g/mol. The van der Waals surface area contributed by atoms with Crippen molar-refractivity contribution < 1.29 is 4.79 Å². The third kappa shape index (κ3) is 1.89. The molecule has 0 radical (unpaired) electrons. The predicted molar refractivity (Wildman–Crippen MR) is 55.3 cm³/mol. The fourth-order valence-corrected chi connectivity index (χ4v) is 1.97. The molecule has 1 fully saturated rings. The van der Waals surface area contributed by atoms with Gasteiger partial charge in [-0.2, -0.15) is 0 Å². The van der Waals surface area contributed by atoms with Gasteiger partial charge in [0.2, 0.25) is 5.91 Å². The monoisotopic (exact) mass is 195 g/mol. The van der Waals surface area contributed by atoms with E-state index in [1.54, 1.807) is 4.90 Å². The lowest BCUT2D eigenvalue weighted by atomic mass is 10.1. The molecule has 1 N–H and O–H groups in total. The summed E-state index contributed by atoms with van der Waals surface area (Å²) in [6.45, 7) is 1.78. The number of aliphatic imine (C=N–C) groups is 1. The number of rotatable bonds is 1. The quantitative estimate of drug-likeness (QED) is 0.658. The van der Waals surface area contributed by atoms with E-state index in [-0.39, 0.29) is 11.9 Å². The van der Waals surface area contributed by atoms with Crippen molar-refractivity contribution >= 4 is 11.7 Å². The van der Waals surface area contributed by atoms with Gasteiger partial charge in [-0.15, -0.1) is 0 Å². The van der Waals surface area contributed by atoms with E-state index in [2.05, 4.69) is 10.3 Å². The van der Waals surface area contributed by atoms with Gasteiger partial charge in [-0.1, -0.05) is 0 Å². The van der Waals surface area contributed by atoms with Crippen molar-refractivity contribution in [3.05, 3.63) is 0 Å². The number of carbonyl (C=O) groups is 1. The molecule has 14 heavy (non-hydrogen) atoms. The van der Waals surface area contributed by atoms with Crippen molar-refractivity contribution in [3.8, 4) is 0 Å². The van der Waals surface area contributed by atoms with E-state index >= 15 is 0 Å². The molecule has 0 aromatic heterocycles. The van der Waals surface area contributed by atoms with Crippen molar-refractivity contribution in [3.63, 3.8) is 0 Å². The molecule has 4 nitrogen and oxygen atoms in total. The third-order valence-electron chi connectivity index (χ3n) is 2.89. The van der Waals surface area contributed by atoms with Crippen LogP contribution in [0.3, 0.4) is 0 Å². The maximum absolute atomic E-state index is 11.6. The van der Waals surface area contributed by atoms with Crippen molar-refractivity contribution in [2.75, 3.05) is 20.1 Å². The molecule has 1 saturated heterocycles. The fraction of sp³-hybridized carbons (Fsp3) is 0.800. The van der Waals surface area contributed by atoms with Gasteiger partial charge in [0.1, 0.15) is 6.04 Å². The Kier molecular flexibility index (Phi) is 2.70. The summed E-state index contributed by atoms with van der Waals surface area (Å²) in [5, 5.41) is 3.26. The standard InChI is InChI=1S/C10H17N3O/c1-13-7-5-8(10(13)14)12-9-4-2-3-6-11-9/h8H,2-7H2,1H3,(H,11,12). The largest absolute Gasteiger partial charge is 0.362 e. The maximum Gasteiger partial charge on any atom is 0.244 e. The summed E-state index contributed by atoms with van der Waals surface area (Å²) in [6, 6.07) is -0.0168. The summed E-state index contributed by atoms with van der Waals surface area (Å²) in [7, 11) is 1.85. The molecule has 1 atom stereocenters. The molecule has 4 heteroatoms. The predicted octanol–water partition coefficient (Wildman–Crippen LogP) is 0.389. The topological polar surface area (TPSA) is 44.7 Å². The average Bonchev–Trinajstić information content (AvgIpc) is 2.52. The normalized spacial score (nSPS) is 27.8. The third-order valence-corrected chi connectivity index (χ3v) is 2.89. The van der Waals surface area contributed by atoms with Gasteiger partial charge in [0.05, 0.1) is 5.84 Å². The Balaban J connectivity index is 1.91. The van der Waals surface area contributed by atoms with E-state index in [0.29, 0.717) is 0 Å². The second-order valence-corrected chi connectivity index (χ2v) is 4.03. The highest BCUT2D eigenvalue weighted by Gasteiger charge is 2.29. The van der Waals surface area contributed by atoms with Crippen molar-refractivity contribution in [2.45, 2.75) is 31.7 Å². The first-order valence-electron chi connectivity index (χ1n) is 5.32. The Morgan fingerprint density at radius 2 is 2.36 bits per heavy atom.